The predicted octanol–water partition coefficient (Wildman–Crippen LogP) is 4.10. The zero-order valence-corrected chi connectivity index (χ0v) is 14.1. The molecule has 0 aliphatic carbocycles. The van der Waals surface area contributed by atoms with Gasteiger partial charge in [0.2, 0.25) is 0 Å². The highest BCUT2D eigenvalue weighted by Gasteiger charge is 2.21. The van der Waals surface area contributed by atoms with Crippen molar-refractivity contribution in [1.29, 1.82) is 0 Å². The zero-order valence-electron chi connectivity index (χ0n) is 13.3. The van der Waals surface area contributed by atoms with Crippen LogP contribution in [-0.4, -0.2) is 15.5 Å². The van der Waals surface area contributed by atoms with Crippen LogP contribution in [0.1, 0.15) is 44.4 Å². The largest absolute Gasteiger partial charge is 0.306 e. The minimum Gasteiger partial charge on any atom is -0.306 e. The Hall–Kier alpha value is -1.33. The number of thioether (sulfide) groups is 1. The molecular weight excluding hydrogens is 297 g/mol. The summed E-state index contributed by atoms with van der Waals surface area (Å²) in [5.41, 5.74) is 2.24. The normalized spacial score (nSPS) is 18.3. The standard InChI is InChI=1S/C17H22FN3S/c1-17(2,3)21-11-12(10-20-21)9-19-15-6-7-22-16-5-4-13(18)8-14(15)16/h4-5,8,10-11,15,19H,6-7,9H2,1-3H3. The van der Waals surface area contributed by atoms with Crippen molar-refractivity contribution in [3.05, 3.63) is 47.5 Å². The van der Waals surface area contributed by atoms with Gasteiger partial charge in [-0.3, -0.25) is 4.68 Å². The summed E-state index contributed by atoms with van der Waals surface area (Å²) in [6.07, 6.45) is 5.01. The van der Waals surface area contributed by atoms with E-state index < -0.39 is 0 Å². The van der Waals surface area contributed by atoms with Crippen molar-refractivity contribution in [1.82, 2.24) is 15.1 Å². The Labute approximate surface area is 135 Å². The number of hydrogen-bond acceptors (Lipinski definition) is 3. The van der Waals surface area contributed by atoms with E-state index in [-0.39, 0.29) is 17.4 Å². The quantitative estimate of drug-likeness (QED) is 0.923. The molecule has 1 unspecified atom stereocenters. The van der Waals surface area contributed by atoms with Gasteiger partial charge in [0.15, 0.2) is 0 Å². The van der Waals surface area contributed by atoms with E-state index in [0.717, 1.165) is 29.8 Å². The van der Waals surface area contributed by atoms with E-state index >= 15 is 0 Å². The van der Waals surface area contributed by atoms with E-state index in [1.54, 1.807) is 12.1 Å². The van der Waals surface area contributed by atoms with E-state index in [2.05, 4.69) is 37.4 Å². The Balaban J connectivity index is 1.70. The highest BCUT2D eigenvalue weighted by molar-refractivity contribution is 7.99. The third kappa shape index (κ3) is 3.36. The van der Waals surface area contributed by atoms with Crippen molar-refractivity contribution < 1.29 is 4.39 Å². The molecule has 3 nitrogen and oxygen atoms in total. The molecule has 2 aromatic rings. The van der Waals surface area contributed by atoms with Gasteiger partial charge < -0.3 is 5.32 Å². The molecule has 1 aliphatic heterocycles. The van der Waals surface area contributed by atoms with Crippen LogP contribution >= 0.6 is 11.8 Å². The maximum atomic E-state index is 13.5. The van der Waals surface area contributed by atoms with Crippen LogP contribution < -0.4 is 5.32 Å². The second kappa shape index (κ2) is 6.05. The van der Waals surface area contributed by atoms with Gasteiger partial charge in [0.25, 0.3) is 0 Å². The van der Waals surface area contributed by atoms with Crippen LogP contribution in [0.4, 0.5) is 4.39 Å². The molecule has 1 aromatic carbocycles. The van der Waals surface area contributed by atoms with Crippen molar-refractivity contribution in [3.8, 4) is 0 Å². The smallest absolute Gasteiger partial charge is 0.123 e. The number of rotatable bonds is 3. The summed E-state index contributed by atoms with van der Waals surface area (Å²) in [5, 5.41) is 7.97. The molecular formula is C17H22FN3S. The van der Waals surface area contributed by atoms with Gasteiger partial charge in [-0.1, -0.05) is 0 Å². The lowest BCUT2D eigenvalue weighted by Crippen LogP contribution is -2.24. The van der Waals surface area contributed by atoms with Crippen molar-refractivity contribution in [3.63, 3.8) is 0 Å². The Bertz CT molecular complexity index is 660. The Morgan fingerprint density at radius 3 is 2.95 bits per heavy atom. The number of hydrogen-bond donors (Lipinski definition) is 1. The first-order chi connectivity index (χ1) is 10.4. The zero-order chi connectivity index (χ0) is 15.7. The van der Waals surface area contributed by atoms with E-state index in [1.165, 1.54) is 4.90 Å². The van der Waals surface area contributed by atoms with Gasteiger partial charge in [-0.15, -0.1) is 11.8 Å². The Morgan fingerprint density at radius 2 is 2.23 bits per heavy atom. The fourth-order valence-corrected chi connectivity index (χ4v) is 3.74. The van der Waals surface area contributed by atoms with Gasteiger partial charge in [0.1, 0.15) is 5.82 Å². The average Bonchev–Trinajstić information content (AvgIpc) is 2.94. The maximum absolute atomic E-state index is 13.5. The van der Waals surface area contributed by atoms with Gasteiger partial charge in [0.05, 0.1) is 11.7 Å². The predicted molar refractivity (Wildman–Crippen MR) is 88.5 cm³/mol. The lowest BCUT2D eigenvalue weighted by molar-refractivity contribution is 0.355. The van der Waals surface area contributed by atoms with Crippen LogP contribution in [0.5, 0.6) is 0 Å². The van der Waals surface area contributed by atoms with Gasteiger partial charge in [0, 0.05) is 29.2 Å². The molecule has 0 bridgehead atoms. The summed E-state index contributed by atoms with van der Waals surface area (Å²) in [4.78, 5) is 1.19. The van der Waals surface area contributed by atoms with Crippen LogP contribution in [0.2, 0.25) is 0 Å². The molecule has 1 aliphatic rings. The molecule has 0 spiro atoms. The molecule has 118 valence electrons. The lowest BCUT2D eigenvalue weighted by Gasteiger charge is -2.26. The number of halogens is 1. The molecule has 1 aromatic heterocycles. The van der Waals surface area contributed by atoms with Gasteiger partial charge in [-0.2, -0.15) is 5.10 Å². The molecule has 2 heterocycles. The Morgan fingerprint density at radius 1 is 1.41 bits per heavy atom. The van der Waals surface area contributed by atoms with Crippen LogP contribution in [0.25, 0.3) is 0 Å². The number of nitrogens with one attached hydrogen (secondary N) is 1. The van der Waals surface area contributed by atoms with Crippen LogP contribution in [0, 0.1) is 5.82 Å². The molecule has 5 heteroatoms. The van der Waals surface area contributed by atoms with Gasteiger partial charge in [-0.25, -0.2) is 4.39 Å². The summed E-state index contributed by atoms with van der Waals surface area (Å²) >= 11 is 1.81. The first-order valence-electron chi connectivity index (χ1n) is 7.63. The van der Waals surface area contributed by atoms with E-state index in [4.69, 9.17) is 0 Å². The van der Waals surface area contributed by atoms with Crippen LogP contribution in [0.3, 0.4) is 0 Å². The van der Waals surface area contributed by atoms with Crippen molar-refractivity contribution in [2.75, 3.05) is 5.75 Å². The molecule has 0 radical (unpaired) electrons. The fraction of sp³-hybridized carbons (Fsp3) is 0.471. The van der Waals surface area contributed by atoms with E-state index in [0.29, 0.717) is 0 Å². The second-order valence-electron chi connectivity index (χ2n) is 6.72. The maximum Gasteiger partial charge on any atom is 0.123 e. The minimum atomic E-state index is -0.159. The summed E-state index contributed by atoms with van der Waals surface area (Å²) in [5.74, 6) is 0.908. The van der Waals surface area contributed by atoms with Crippen molar-refractivity contribution in [2.45, 2.75) is 50.2 Å². The molecule has 1 atom stereocenters. The summed E-state index contributed by atoms with van der Waals surface area (Å²) in [6, 6.07) is 5.31. The average molecular weight is 319 g/mol. The Kier molecular flexibility index (Phi) is 4.28. The van der Waals surface area contributed by atoms with Crippen LogP contribution in [-0.2, 0) is 12.1 Å². The lowest BCUT2D eigenvalue weighted by atomic mass is 10.0. The van der Waals surface area contributed by atoms with Gasteiger partial charge >= 0.3 is 0 Å². The number of aromatic nitrogens is 2. The minimum absolute atomic E-state index is 0.00451. The summed E-state index contributed by atoms with van der Waals surface area (Å²) in [6.45, 7) is 7.15. The van der Waals surface area contributed by atoms with Crippen molar-refractivity contribution in [2.24, 2.45) is 0 Å². The van der Waals surface area contributed by atoms with E-state index in [9.17, 15) is 4.39 Å². The first-order valence-corrected chi connectivity index (χ1v) is 8.62. The molecule has 3 rings (SSSR count). The number of nitrogens with zero attached hydrogens (tertiary/aromatic N) is 2. The fourth-order valence-electron chi connectivity index (χ4n) is 2.64. The summed E-state index contributed by atoms with van der Waals surface area (Å²) in [7, 11) is 0. The highest BCUT2D eigenvalue weighted by Crippen LogP contribution is 2.36. The number of benzene rings is 1. The summed E-state index contributed by atoms with van der Waals surface area (Å²) < 4.78 is 15.5. The molecule has 1 N–H and O–H groups in total. The monoisotopic (exact) mass is 319 g/mol. The molecule has 0 saturated heterocycles. The number of fused-ring (bicyclic) bond motifs is 1. The second-order valence-corrected chi connectivity index (χ2v) is 7.85. The third-order valence-electron chi connectivity index (χ3n) is 3.89. The molecule has 0 saturated carbocycles. The highest BCUT2D eigenvalue weighted by atomic mass is 32.2. The van der Waals surface area contributed by atoms with Gasteiger partial charge in [-0.05, 0) is 56.7 Å². The van der Waals surface area contributed by atoms with Crippen LogP contribution in [0.15, 0.2) is 35.5 Å². The third-order valence-corrected chi connectivity index (χ3v) is 5.01. The van der Waals surface area contributed by atoms with E-state index in [1.807, 2.05) is 28.7 Å². The molecule has 22 heavy (non-hydrogen) atoms. The first kappa shape index (κ1) is 15.6. The SMILES string of the molecule is CC(C)(C)n1cc(CNC2CCSc3ccc(F)cc32)cn1. The molecule has 0 fully saturated rings. The van der Waals surface area contributed by atoms with Crippen molar-refractivity contribution >= 4 is 11.8 Å². The topological polar surface area (TPSA) is 29.9 Å². The molecule has 0 amide bonds.